The highest BCUT2D eigenvalue weighted by Crippen LogP contribution is 2.02. The van der Waals surface area contributed by atoms with Crippen molar-refractivity contribution in [2.75, 3.05) is 31.8 Å². The molecule has 15 heavy (non-hydrogen) atoms. The summed E-state index contributed by atoms with van der Waals surface area (Å²) in [5, 5.41) is 3.28. The van der Waals surface area contributed by atoms with Gasteiger partial charge >= 0.3 is 0 Å². The number of nitrogens with one attached hydrogen (secondary N) is 1. The van der Waals surface area contributed by atoms with Gasteiger partial charge in [-0.15, -0.1) is 0 Å². The van der Waals surface area contributed by atoms with E-state index in [2.05, 4.69) is 26.1 Å². The van der Waals surface area contributed by atoms with Gasteiger partial charge < -0.3 is 10.1 Å². The minimum Gasteiger partial charge on any atom is -0.383 e. The van der Waals surface area contributed by atoms with E-state index in [0.717, 1.165) is 18.7 Å². The fourth-order valence-electron chi connectivity index (χ4n) is 1.33. The molecule has 0 heterocycles. The largest absolute Gasteiger partial charge is 0.383 e. The lowest BCUT2D eigenvalue weighted by Gasteiger charge is -2.16. The van der Waals surface area contributed by atoms with Crippen LogP contribution in [0.2, 0.25) is 0 Å². The quantitative estimate of drug-likeness (QED) is 0.656. The highest BCUT2D eigenvalue weighted by molar-refractivity contribution is 7.85. The van der Waals surface area contributed by atoms with E-state index in [1.165, 1.54) is 0 Å². The van der Waals surface area contributed by atoms with Crippen molar-refractivity contribution in [2.24, 2.45) is 5.92 Å². The van der Waals surface area contributed by atoms with Gasteiger partial charge in [0.2, 0.25) is 0 Å². The van der Waals surface area contributed by atoms with Crippen LogP contribution < -0.4 is 5.32 Å². The molecule has 2 unspecified atom stereocenters. The Morgan fingerprint density at radius 1 is 1.40 bits per heavy atom. The number of rotatable bonds is 9. The second kappa shape index (κ2) is 9.31. The maximum absolute atomic E-state index is 11.7. The van der Waals surface area contributed by atoms with Crippen LogP contribution in [0.4, 0.5) is 0 Å². The number of methoxy groups -OCH3 is 1. The van der Waals surface area contributed by atoms with Gasteiger partial charge in [-0.05, 0) is 18.9 Å². The lowest BCUT2D eigenvalue weighted by atomic mass is 10.2. The summed E-state index contributed by atoms with van der Waals surface area (Å²) in [5.74, 6) is 2.14. The third kappa shape index (κ3) is 9.03. The summed E-state index contributed by atoms with van der Waals surface area (Å²) in [4.78, 5) is 0. The molecule has 3 nitrogen and oxygen atoms in total. The molecule has 0 aliphatic rings. The van der Waals surface area contributed by atoms with Crippen molar-refractivity contribution in [2.45, 2.75) is 33.2 Å². The SMILES string of the molecule is CCNC(COC)CS(=O)CCC(C)C. The summed E-state index contributed by atoms with van der Waals surface area (Å²) in [6.45, 7) is 7.92. The van der Waals surface area contributed by atoms with Crippen molar-refractivity contribution in [3.05, 3.63) is 0 Å². The molecule has 2 atom stereocenters. The average molecular weight is 235 g/mol. The van der Waals surface area contributed by atoms with Crippen molar-refractivity contribution in [1.29, 1.82) is 0 Å². The van der Waals surface area contributed by atoms with Crippen LogP contribution >= 0.6 is 0 Å². The molecule has 1 N–H and O–H groups in total. The second-order valence-corrected chi connectivity index (χ2v) is 5.82. The monoisotopic (exact) mass is 235 g/mol. The Kier molecular flexibility index (Phi) is 9.35. The highest BCUT2D eigenvalue weighted by atomic mass is 32.2. The maximum Gasteiger partial charge on any atom is 0.0624 e. The van der Waals surface area contributed by atoms with Crippen LogP contribution in [0.25, 0.3) is 0 Å². The molecule has 0 spiro atoms. The summed E-state index contributed by atoms with van der Waals surface area (Å²) in [7, 11) is 0.966. The van der Waals surface area contributed by atoms with E-state index in [1.807, 2.05) is 0 Å². The van der Waals surface area contributed by atoms with Crippen LogP contribution in [0, 0.1) is 5.92 Å². The first-order valence-corrected chi connectivity index (χ1v) is 7.16. The Balaban J connectivity index is 3.77. The molecular formula is C11H25NO2S. The van der Waals surface area contributed by atoms with Gasteiger partial charge in [0, 0.05) is 35.5 Å². The minimum atomic E-state index is -0.716. The molecule has 0 aromatic carbocycles. The number of likely N-dealkylation sites (N-methyl/N-ethyl adjacent to an activating group) is 1. The predicted octanol–water partition coefficient (Wildman–Crippen LogP) is 1.41. The minimum absolute atomic E-state index is 0.230. The summed E-state index contributed by atoms with van der Waals surface area (Å²) < 4.78 is 16.8. The first kappa shape index (κ1) is 15.1. The number of hydrogen-bond acceptors (Lipinski definition) is 3. The molecule has 0 amide bonds. The molecule has 0 radical (unpaired) electrons. The standard InChI is InChI=1S/C11H25NO2S/c1-5-12-11(8-14-4)9-15(13)7-6-10(2)3/h10-12H,5-9H2,1-4H3. The zero-order valence-electron chi connectivity index (χ0n) is 10.4. The fourth-order valence-corrected chi connectivity index (χ4v) is 2.89. The van der Waals surface area contributed by atoms with Crippen LogP contribution in [-0.2, 0) is 15.5 Å². The van der Waals surface area contributed by atoms with Crippen molar-refractivity contribution in [1.82, 2.24) is 5.32 Å². The Morgan fingerprint density at radius 3 is 2.53 bits per heavy atom. The molecule has 0 bridgehead atoms. The van der Waals surface area contributed by atoms with Gasteiger partial charge in [-0.3, -0.25) is 4.21 Å². The first-order chi connectivity index (χ1) is 7.10. The lowest BCUT2D eigenvalue weighted by molar-refractivity contribution is 0.174. The molecule has 0 rings (SSSR count). The van der Waals surface area contributed by atoms with E-state index in [9.17, 15) is 4.21 Å². The van der Waals surface area contributed by atoms with Crippen molar-refractivity contribution < 1.29 is 8.95 Å². The van der Waals surface area contributed by atoms with E-state index < -0.39 is 10.8 Å². The zero-order chi connectivity index (χ0) is 11.7. The summed E-state index contributed by atoms with van der Waals surface area (Å²) in [5.41, 5.74) is 0. The van der Waals surface area contributed by atoms with Crippen molar-refractivity contribution in [3.8, 4) is 0 Å². The van der Waals surface area contributed by atoms with Crippen LogP contribution in [0.3, 0.4) is 0 Å². The van der Waals surface area contributed by atoms with Gasteiger partial charge in [0.25, 0.3) is 0 Å². The lowest BCUT2D eigenvalue weighted by Crippen LogP contribution is -2.38. The molecule has 0 aromatic rings. The normalized spacial score (nSPS) is 15.5. The Labute approximate surface area is 96.4 Å². The molecule has 4 heteroatoms. The van der Waals surface area contributed by atoms with Gasteiger partial charge in [-0.25, -0.2) is 0 Å². The van der Waals surface area contributed by atoms with Gasteiger partial charge in [0.05, 0.1) is 6.61 Å². The van der Waals surface area contributed by atoms with Crippen LogP contribution in [0.15, 0.2) is 0 Å². The topological polar surface area (TPSA) is 38.3 Å². The van der Waals surface area contributed by atoms with Crippen molar-refractivity contribution in [3.63, 3.8) is 0 Å². The van der Waals surface area contributed by atoms with E-state index in [0.29, 0.717) is 18.3 Å². The Hall–Kier alpha value is 0.0700. The fraction of sp³-hybridized carbons (Fsp3) is 1.00. The highest BCUT2D eigenvalue weighted by Gasteiger charge is 2.11. The van der Waals surface area contributed by atoms with E-state index in [4.69, 9.17) is 4.74 Å². The number of ether oxygens (including phenoxy) is 1. The number of hydrogen-bond donors (Lipinski definition) is 1. The summed E-state index contributed by atoms with van der Waals surface area (Å²) >= 11 is 0. The van der Waals surface area contributed by atoms with Gasteiger partial charge in [0.15, 0.2) is 0 Å². The summed E-state index contributed by atoms with van der Waals surface area (Å²) in [6, 6.07) is 0.230. The second-order valence-electron chi connectivity index (χ2n) is 4.20. The van der Waals surface area contributed by atoms with E-state index in [1.54, 1.807) is 7.11 Å². The molecule has 0 aliphatic heterocycles. The van der Waals surface area contributed by atoms with E-state index in [-0.39, 0.29) is 6.04 Å². The molecule has 0 fully saturated rings. The molecule has 0 aliphatic carbocycles. The third-order valence-corrected chi connectivity index (χ3v) is 3.64. The van der Waals surface area contributed by atoms with Gasteiger partial charge in [-0.2, -0.15) is 0 Å². The zero-order valence-corrected chi connectivity index (χ0v) is 11.2. The molecule has 92 valence electrons. The van der Waals surface area contributed by atoms with Crippen LogP contribution in [0.1, 0.15) is 27.2 Å². The van der Waals surface area contributed by atoms with Crippen LogP contribution in [0.5, 0.6) is 0 Å². The molecule has 0 saturated carbocycles. The van der Waals surface area contributed by atoms with Gasteiger partial charge in [0.1, 0.15) is 0 Å². The maximum atomic E-state index is 11.7. The molecular weight excluding hydrogens is 210 g/mol. The molecule has 0 saturated heterocycles. The third-order valence-electron chi connectivity index (χ3n) is 2.17. The van der Waals surface area contributed by atoms with E-state index >= 15 is 0 Å². The smallest absolute Gasteiger partial charge is 0.0624 e. The van der Waals surface area contributed by atoms with Crippen molar-refractivity contribution >= 4 is 10.8 Å². The Morgan fingerprint density at radius 2 is 2.07 bits per heavy atom. The van der Waals surface area contributed by atoms with Gasteiger partial charge in [-0.1, -0.05) is 20.8 Å². The summed E-state index contributed by atoms with van der Waals surface area (Å²) in [6.07, 6.45) is 1.04. The molecule has 0 aromatic heterocycles. The average Bonchev–Trinajstić information content (AvgIpc) is 2.15. The first-order valence-electron chi connectivity index (χ1n) is 5.67. The Bertz CT molecular complexity index is 168. The predicted molar refractivity (Wildman–Crippen MR) is 66.7 cm³/mol. The van der Waals surface area contributed by atoms with Crippen LogP contribution in [-0.4, -0.2) is 42.0 Å².